The standard InChI is InChI=1S/C15H15ClS/c1-9-10(2)13(8-14(16)11(9)3)12-6-4-5-7-15(12)17/h4-8,17H,1-3H3. The molecule has 0 saturated heterocycles. The van der Waals surface area contributed by atoms with Gasteiger partial charge in [-0.2, -0.15) is 0 Å². The third-order valence-electron chi connectivity index (χ3n) is 3.35. The Morgan fingerprint density at radius 2 is 1.53 bits per heavy atom. The molecular weight excluding hydrogens is 248 g/mol. The third kappa shape index (κ3) is 2.22. The van der Waals surface area contributed by atoms with Crippen molar-refractivity contribution in [1.82, 2.24) is 0 Å². The average Bonchev–Trinajstić information content (AvgIpc) is 2.32. The van der Waals surface area contributed by atoms with Gasteiger partial charge in [-0.25, -0.2) is 0 Å². The van der Waals surface area contributed by atoms with E-state index in [0.29, 0.717) is 0 Å². The summed E-state index contributed by atoms with van der Waals surface area (Å²) in [6, 6.07) is 10.1. The molecule has 2 heteroatoms. The topological polar surface area (TPSA) is 0 Å². The summed E-state index contributed by atoms with van der Waals surface area (Å²) in [7, 11) is 0. The van der Waals surface area contributed by atoms with Crippen LogP contribution in [0.2, 0.25) is 5.02 Å². The summed E-state index contributed by atoms with van der Waals surface area (Å²) in [5.74, 6) is 0. The van der Waals surface area contributed by atoms with Gasteiger partial charge in [0.05, 0.1) is 0 Å². The van der Waals surface area contributed by atoms with Gasteiger partial charge in [-0.1, -0.05) is 29.8 Å². The molecule has 0 atom stereocenters. The number of benzene rings is 2. The van der Waals surface area contributed by atoms with E-state index in [1.165, 1.54) is 16.7 Å². The molecule has 0 aliphatic heterocycles. The van der Waals surface area contributed by atoms with E-state index in [0.717, 1.165) is 21.0 Å². The molecule has 0 aliphatic rings. The van der Waals surface area contributed by atoms with Crippen molar-refractivity contribution in [2.75, 3.05) is 0 Å². The molecule has 0 amide bonds. The molecule has 2 aromatic carbocycles. The number of hydrogen-bond acceptors (Lipinski definition) is 1. The molecule has 0 bridgehead atoms. The fraction of sp³-hybridized carbons (Fsp3) is 0.200. The first-order chi connectivity index (χ1) is 8.02. The molecular formula is C15H15ClS. The maximum absolute atomic E-state index is 6.27. The number of hydrogen-bond donors (Lipinski definition) is 1. The van der Waals surface area contributed by atoms with Crippen LogP contribution in [0.15, 0.2) is 35.2 Å². The Morgan fingerprint density at radius 1 is 0.882 bits per heavy atom. The number of thiol groups is 1. The van der Waals surface area contributed by atoms with Gasteiger partial charge in [0.2, 0.25) is 0 Å². The average molecular weight is 263 g/mol. The van der Waals surface area contributed by atoms with Crippen molar-refractivity contribution >= 4 is 24.2 Å². The highest BCUT2D eigenvalue weighted by Crippen LogP contribution is 2.34. The van der Waals surface area contributed by atoms with Gasteiger partial charge >= 0.3 is 0 Å². The van der Waals surface area contributed by atoms with E-state index in [1.54, 1.807) is 0 Å². The van der Waals surface area contributed by atoms with Crippen LogP contribution in [0.4, 0.5) is 0 Å². The molecule has 0 aromatic heterocycles. The Hall–Kier alpha value is -0.920. The van der Waals surface area contributed by atoms with E-state index in [2.05, 4.69) is 39.5 Å². The predicted molar refractivity (Wildman–Crippen MR) is 78.4 cm³/mol. The van der Waals surface area contributed by atoms with Crippen molar-refractivity contribution < 1.29 is 0 Å². The van der Waals surface area contributed by atoms with Crippen LogP contribution in [0.5, 0.6) is 0 Å². The second-order valence-corrected chi connectivity index (χ2v) is 5.19. The zero-order valence-electron chi connectivity index (χ0n) is 10.2. The first-order valence-corrected chi connectivity index (χ1v) is 6.39. The Bertz CT molecular complexity index is 573. The van der Waals surface area contributed by atoms with Crippen LogP contribution < -0.4 is 0 Å². The fourth-order valence-electron chi connectivity index (χ4n) is 1.99. The molecule has 0 heterocycles. The summed E-state index contributed by atoms with van der Waals surface area (Å²) in [6.07, 6.45) is 0. The Balaban J connectivity index is 2.73. The molecule has 0 radical (unpaired) electrons. The Kier molecular flexibility index (Phi) is 3.50. The Morgan fingerprint density at radius 3 is 2.18 bits per heavy atom. The van der Waals surface area contributed by atoms with E-state index in [9.17, 15) is 0 Å². The molecule has 0 spiro atoms. The van der Waals surface area contributed by atoms with E-state index in [-0.39, 0.29) is 0 Å². The lowest BCUT2D eigenvalue weighted by atomic mass is 9.94. The summed E-state index contributed by atoms with van der Waals surface area (Å²) >= 11 is 10.8. The highest BCUT2D eigenvalue weighted by atomic mass is 35.5. The summed E-state index contributed by atoms with van der Waals surface area (Å²) in [5.41, 5.74) is 5.99. The largest absolute Gasteiger partial charge is 0.143 e. The molecule has 2 aromatic rings. The summed E-state index contributed by atoms with van der Waals surface area (Å²) in [6.45, 7) is 6.30. The van der Waals surface area contributed by atoms with E-state index in [4.69, 9.17) is 11.6 Å². The predicted octanol–water partition coefficient (Wildman–Crippen LogP) is 5.22. The van der Waals surface area contributed by atoms with Gasteiger partial charge in [0.25, 0.3) is 0 Å². The second kappa shape index (κ2) is 4.75. The number of rotatable bonds is 1. The highest BCUT2D eigenvalue weighted by Gasteiger charge is 2.11. The van der Waals surface area contributed by atoms with Crippen LogP contribution >= 0.6 is 24.2 Å². The van der Waals surface area contributed by atoms with Crippen molar-refractivity contribution in [2.45, 2.75) is 25.7 Å². The first kappa shape index (κ1) is 12.5. The lowest BCUT2D eigenvalue weighted by molar-refractivity contribution is 1.26. The normalized spacial score (nSPS) is 10.6. The van der Waals surface area contributed by atoms with Crippen molar-refractivity contribution in [3.05, 3.63) is 52.0 Å². The lowest BCUT2D eigenvalue weighted by Crippen LogP contribution is -1.93. The zero-order valence-corrected chi connectivity index (χ0v) is 11.9. The maximum atomic E-state index is 6.27. The van der Waals surface area contributed by atoms with Gasteiger partial charge in [-0.3, -0.25) is 0 Å². The third-order valence-corrected chi connectivity index (χ3v) is 4.14. The number of halogens is 1. The minimum absolute atomic E-state index is 0.819. The van der Waals surface area contributed by atoms with E-state index in [1.807, 2.05) is 24.3 Å². The zero-order chi connectivity index (χ0) is 12.6. The molecule has 0 N–H and O–H groups in total. The van der Waals surface area contributed by atoms with Gasteiger partial charge < -0.3 is 0 Å². The van der Waals surface area contributed by atoms with Crippen LogP contribution in [-0.2, 0) is 0 Å². The first-order valence-electron chi connectivity index (χ1n) is 5.57. The maximum Gasteiger partial charge on any atom is 0.0444 e. The summed E-state index contributed by atoms with van der Waals surface area (Å²) in [4.78, 5) is 0.981. The smallest absolute Gasteiger partial charge is 0.0444 e. The molecule has 2 rings (SSSR count). The van der Waals surface area contributed by atoms with Crippen molar-refractivity contribution in [3.8, 4) is 11.1 Å². The molecule has 0 aliphatic carbocycles. The van der Waals surface area contributed by atoms with Crippen molar-refractivity contribution in [2.24, 2.45) is 0 Å². The minimum atomic E-state index is 0.819. The molecule has 0 nitrogen and oxygen atoms in total. The highest BCUT2D eigenvalue weighted by molar-refractivity contribution is 7.80. The van der Waals surface area contributed by atoms with Crippen LogP contribution in [0.25, 0.3) is 11.1 Å². The SMILES string of the molecule is Cc1c(Cl)cc(-c2ccccc2S)c(C)c1C. The van der Waals surface area contributed by atoms with Crippen LogP contribution in [0.1, 0.15) is 16.7 Å². The van der Waals surface area contributed by atoms with Gasteiger partial charge in [0, 0.05) is 9.92 Å². The van der Waals surface area contributed by atoms with Gasteiger partial charge in [-0.05, 0) is 60.7 Å². The van der Waals surface area contributed by atoms with Crippen LogP contribution in [0, 0.1) is 20.8 Å². The van der Waals surface area contributed by atoms with E-state index < -0.39 is 0 Å². The monoisotopic (exact) mass is 262 g/mol. The second-order valence-electron chi connectivity index (χ2n) is 4.30. The molecule has 0 unspecified atom stereocenters. The Labute approximate surface area is 113 Å². The molecule has 17 heavy (non-hydrogen) atoms. The molecule has 88 valence electrons. The van der Waals surface area contributed by atoms with Crippen LogP contribution in [-0.4, -0.2) is 0 Å². The van der Waals surface area contributed by atoms with Crippen LogP contribution in [0.3, 0.4) is 0 Å². The lowest BCUT2D eigenvalue weighted by Gasteiger charge is -2.14. The van der Waals surface area contributed by atoms with Gasteiger partial charge in [-0.15, -0.1) is 12.6 Å². The summed E-state index contributed by atoms with van der Waals surface area (Å²) in [5, 5.41) is 0.819. The molecule has 0 fully saturated rings. The fourth-order valence-corrected chi connectivity index (χ4v) is 2.52. The minimum Gasteiger partial charge on any atom is -0.143 e. The van der Waals surface area contributed by atoms with E-state index >= 15 is 0 Å². The summed E-state index contributed by atoms with van der Waals surface area (Å²) < 4.78 is 0. The van der Waals surface area contributed by atoms with Gasteiger partial charge in [0.15, 0.2) is 0 Å². The van der Waals surface area contributed by atoms with Crippen molar-refractivity contribution in [1.29, 1.82) is 0 Å². The van der Waals surface area contributed by atoms with Gasteiger partial charge in [0.1, 0.15) is 0 Å². The molecule has 0 saturated carbocycles. The quantitative estimate of drug-likeness (QED) is 0.669. The van der Waals surface area contributed by atoms with Crippen molar-refractivity contribution in [3.63, 3.8) is 0 Å².